The molecule has 96 valence electrons. The highest BCUT2D eigenvalue weighted by Crippen LogP contribution is 2.19. The van der Waals surface area contributed by atoms with Gasteiger partial charge < -0.3 is 5.32 Å². The zero-order valence-electron chi connectivity index (χ0n) is 10.1. The van der Waals surface area contributed by atoms with E-state index >= 15 is 0 Å². The Labute approximate surface area is 103 Å². The molecule has 1 aromatic carbocycles. The van der Waals surface area contributed by atoms with Crippen LogP contribution in [0.2, 0.25) is 0 Å². The zero-order valence-corrected chi connectivity index (χ0v) is 11.0. The number of nitrogens with one attached hydrogen (secondary N) is 1. The van der Waals surface area contributed by atoms with Crippen LogP contribution in [0.5, 0.6) is 0 Å². The summed E-state index contributed by atoms with van der Waals surface area (Å²) in [6, 6.07) is 6.72. The van der Waals surface area contributed by atoms with Crippen LogP contribution >= 0.6 is 0 Å². The lowest BCUT2D eigenvalue weighted by Gasteiger charge is -2.10. The molecule has 1 rings (SSSR count). The minimum Gasteiger partial charge on any atom is -0.384 e. The molecule has 0 saturated carbocycles. The van der Waals surface area contributed by atoms with E-state index in [0.717, 1.165) is 19.4 Å². The van der Waals surface area contributed by atoms with Crippen molar-refractivity contribution in [1.82, 2.24) is 0 Å². The van der Waals surface area contributed by atoms with Crippen LogP contribution in [0.3, 0.4) is 0 Å². The molecular weight excluding hydrogens is 236 g/mol. The lowest BCUT2D eigenvalue weighted by Crippen LogP contribution is -2.15. The summed E-state index contributed by atoms with van der Waals surface area (Å²) in [6.07, 6.45) is 4.58. The number of unbranched alkanes of at least 4 members (excludes halogenated alkanes) is 3. The average Bonchev–Trinajstić information content (AvgIpc) is 2.28. The van der Waals surface area contributed by atoms with Crippen LogP contribution in [0.4, 0.5) is 5.69 Å². The first-order valence-electron chi connectivity index (χ1n) is 5.91. The Morgan fingerprint density at radius 2 is 1.88 bits per heavy atom. The van der Waals surface area contributed by atoms with Crippen LogP contribution < -0.4 is 10.5 Å². The number of anilines is 1. The van der Waals surface area contributed by atoms with E-state index in [2.05, 4.69) is 12.2 Å². The molecule has 0 saturated heterocycles. The number of nitrogens with two attached hydrogens (primary N) is 1. The summed E-state index contributed by atoms with van der Waals surface area (Å²) in [5.74, 6) is 0. The molecule has 0 atom stereocenters. The lowest BCUT2D eigenvalue weighted by atomic mass is 10.2. The molecule has 0 radical (unpaired) electrons. The van der Waals surface area contributed by atoms with Gasteiger partial charge in [-0.3, -0.25) is 0 Å². The number of primary sulfonamides is 1. The Kier molecular flexibility index (Phi) is 5.44. The maximum Gasteiger partial charge on any atom is 0.240 e. The molecule has 0 heterocycles. The third-order valence-corrected chi connectivity index (χ3v) is 3.51. The monoisotopic (exact) mass is 256 g/mol. The Morgan fingerprint density at radius 1 is 1.18 bits per heavy atom. The SMILES string of the molecule is CCCCCCNc1ccccc1S(N)(=O)=O. The van der Waals surface area contributed by atoms with Gasteiger partial charge in [-0.2, -0.15) is 0 Å². The van der Waals surface area contributed by atoms with Gasteiger partial charge in [0.05, 0.1) is 5.69 Å². The number of hydrogen-bond donors (Lipinski definition) is 2. The molecule has 3 N–H and O–H groups in total. The fraction of sp³-hybridized carbons (Fsp3) is 0.500. The molecule has 0 bridgehead atoms. The van der Waals surface area contributed by atoms with Gasteiger partial charge >= 0.3 is 0 Å². The highest BCUT2D eigenvalue weighted by Gasteiger charge is 2.12. The molecule has 4 nitrogen and oxygen atoms in total. The fourth-order valence-corrected chi connectivity index (χ4v) is 2.35. The first-order chi connectivity index (χ1) is 8.05. The van der Waals surface area contributed by atoms with Crippen LogP contribution in [0.15, 0.2) is 29.2 Å². The van der Waals surface area contributed by atoms with Gasteiger partial charge in [-0.15, -0.1) is 0 Å². The van der Waals surface area contributed by atoms with Gasteiger partial charge in [0.15, 0.2) is 0 Å². The van der Waals surface area contributed by atoms with Crippen LogP contribution in [0.1, 0.15) is 32.6 Å². The van der Waals surface area contributed by atoms with Crippen molar-refractivity contribution in [2.45, 2.75) is 37.5 Å². The predicted molar refractivity (Wildman–Crippen MR) is 70.4 cm³/mol. The highest BCUT2D eigenvalue weighted by atomic mass is 32.2. The van der Waals surface area contributed by atoms with Crippen molar-refractivity contribution in [1.29, 1.82) is 0 Å². The molecule has 0 amide bonds. The standard InChI is InChI=1S/C12H20N2O2S/c1-2-3-4-7-10-14-11-8-5-6-9-12(11)17(13,15)16/h5-6,8-9,14H,2-4,7,10H2,1H3,(H2,13,15,16). The number of sulfonamides is 1. The topological polar surface area (TPSA) is 72.2 Å². The lowest BCUT2D eigenvalue weighted by molar-refractivity contribution is 0.598. The van der Waals surface area contributed by atoms with Crippen LogP contribution in [-0.4, -0.2) is 15.0 Å². The number of rotatable bonds is 7. The molecule has 0 aliphatic rings. The van der Waals surface area contributed by atoms with E-state index in [9.17, 15) is 8.42 Å². The van der Waals surface area contributed by atoms with Crippen LogP contribution in [0.25, 0.3) is 0 Å². The Bertz CT molecular complexity index is 444. The zero-order chi connectivity index (χ0) is 12.7. The van der Waals surface area contributed by atoms with E-state index in [1.54, 1.807) is 18.2 Å². The quantitative estimate of drug-likeness (QED) is 0.735. The molecule has 0 spiro atoms. The third kappa shape index (κ3) is 4.75. The summed E-state index contributed by atoms with van der Waals surface area (Å²) in [7, 11) is -3.64. The molecular formula is C12H20N2O2S. The second-order valence-corrected chi connectivity index (χ2v) is 5.56. The van der Waals surface area contributed by atoms with E-state index in [0.29, 0.717) is 5.69 Å². The normalized spacial score (nSPS) is 11.4. The van der Waals surface area contributed by atoms with Crippen molar-refractivity contribution < 1.29 is 8.42 Å². The second kappa shape index (κ2) is 6.61. The van der Waals surface area contributed by atoms with E-state index < -0.39 is 10.0 Å². The van der Waals surface area contributed by atoms with Crippen molar-refractivity contribution in [3.05, 3.63) is 24.3 Å². The smallest absolute Gasteiger partial charge is 0.240 e. The summed E-state index contributed by atoms with van der Waals surface area (Å²) < 4.78 is 22.7. The Hall–Kier alpha value is -1.07. The molecule has 5 heteroatoms. The third-order valence-electron chi connectivity index (χ3n) is 2.54. The van der Waals surface area contributed by atoms with Gasteiger partial charge in [-0.1, -0.05) is 38.3 Å². The van der Waals surface area contributed by atoms with Gasteiger partial charge in [0.25, 0.3) is 0 Å². The van der Waals surface area contributed by atoms with Crippen molar-refractivity contribution in [2.75, 3.05) is 11.9 Å². The van der Waals surface area contributed by atoms with E-state index in [1.165, 1.54) is 18.9 Å². The van der Waals surface area contributed by atoms with Crippen LogP contribution in [0, 0.1) is 0 Å². The minimum absolute atomic E-state index is 0.162. The van der Waals surface area contributed by atoms with E-state index in [1.807, 2.05) is 0 Å². The summed E-state index contributed by atoms with van der Waals surface area (Å²) in [6.45, 7) is 2.93. The van der Waals surface area contributed by atoms with Crippen molar-refractivity contribution in [3.63, 3.8) is 0 Å². The minimum atomic E-state index is -3.64. The Balaban J connectivity index is 2.59. The molecule has 0 aliphatic carbocycles. The van der Waals surface area contributed by atoms with Crippen molar-refractivity contribution >= 4 is 15.7 Å². The summed E-state index contributed by atoms with van der Waals surface area (Å²) >= 11 is 0. The van der Waals surface area contributed by atoms with Gasteiger partial charge in [-0.25, -0.2) is 13.6 Å². The Morgan fingerprint density at radius 3 is 2.53 bits per heavy atom. The summed E-state index contributed by atoms with van der Waals surface area (Å²) in [4.78, 5) is 0.162. The van der Waals surface area contributed by atoms with Crippen molar-refractivity contribution in [2.24, 2.45) is 5.14 Å². The van der Waals surface area contributed by atoms with Gasteiger partial charge in [0.1, 0.15) is 4.90 Å². The average molecular weight is 256 g/mol. The van der Waals surface area contributed by atoms with Gasteiger partial charge in [0, 0.05) is 6.54 Å². The molecule has 0 aliphatic heterocycles. The highest BCUT2D eigenvalue weighted by molar-refractivity contribution is 7.89. The fourth-order valence-electron chi connectivity index (χ4n) is 1.64. The summed E-state index contributed by atoms with van der Waals surface area (Å²) in [5.41, 5.74) is 0.589. The maximum atomic E-state index is 11.3. The molecule has 0 unspecified atom stereocenters. The molecule has 0 fully saturated rings. The first-order valence-corrected chi connectivity index (χ1v) is 7.46. The first kappa shape index (κ1) is 14.0. The number of hydrogen-bond acceptors (Lipinski definition) is 3. The molecule has 17 heavy (non-hydrogen) atoms. The molecule has 0 aromatic heterocycles. The van der Waals surface area contributed by atoms with E-state index in [-0.39, 0.29) is 4.90 Å². The predicted octanol–water partition coefficient (Wildman–Crippen LogP) is 2.33. The number of benzene rings is 1. The van der Waals surface area contributed by atoms with Gasteiger partial charge in [-0.05, 0) is 18.6 Å². The maximum absolute atomic E-state index is 11.3. The van der Waals surface area contributed by atoms with E-state index in [4.69, 9.17) is 5.14 Å². The van der Waals surface area contributed by atoms with Crippen LogP contribution in [-0.2, 0) is 10.0 Å². The second-order valence-electron chi connectivity index (χ2n) is 4.03. The summed E-state index contributed by atoms with van der Waals surface area (Å²) in [5, 5.41) is 8.26. The van der Waals surface area contributed by atoms with Crippen molar-refractivity contribution in [3.8, 4) is 0 Å². The van der Waals surface area contributed by atoms with Gasteiger partial charge in [0.2, 0.25) is 10.0 Å². The number of para-hydroxylation sites is 1. The molecule has 1 aromatic rings. The largest absolute Gasteiger partial charge is 0.384 e.